The molecule has 4 aromatic carbocycles. The van der Waals surface area contributed by atoms with E-state index in [1.165, 1.54) is 37.7 Å². The van der Waals surface area contributed by atoms with Gasteiger partial charge in [0.1, 0.15) is 13.2 Å². The van der Waals surface area contributed by atoms with E-state index in [1.54, 1.807) is 0 Å². The molecule has 0 aromatic heterocycles. The average Bonchev–Trinajstić information content (AvgIpc) is 3.04. The van der Waals surface area contributed by atoms with E-state index in [-0.39, 0.29) is 0 Å². The lowest BCUT2D eigenvalue weighted by Crippen LogP contribution is -2.03. The van der Waals surface area contributed by atoms with Gasteiger partial charge in [0.05, 0.1) is 12.7 Å². The van der Waals surface area contributed by atoms with Gasteiger partial charge in [-0.2, -0.15) is 0 Å². The highest BCUT2D eigenvalue weighted by Crippen LogP contribution is 2.33. The molecule has 0 aliphatic carbocycles. The molecule has 0 aliphatic heterocycles. The van der Waals surface area contributed by atoms with Gasteiger partial charge in [0.25, 0.3) is 0 Å². The standard InChI is InChI=1S/C38H46O4/c39-36(24-16-5-3-1-2-4-6-17-27-40-29-32-18-10-7-11-19-32)35-25-26-37(41-30-33-20-12-8-13-21-33)38(28-35)42-31-34-22-14-9-15-23-34/h7-15,18-23,25-26,28,36,39H,1-6,16-17,24,27,29-31H2. The SMILES string of the molecule is OC(CCCCCCCCCCOCc1ccccc1)c1ccc(OCc2ccccc2)c(OCc2ccccc2)c1. The highest BCUT2D eigenvalue weighted by Gasteiger charge is 2.13. The number of rotatable bonds is 20. The van der Waals surface area contributed by atoms with Crippen molar-refractivity contribution in [3.8, 4) is 11.5 Å². The molecule has 4 aromatic rings. The van der Waals surface area contributed by atoms with Gasteiger partial charge in [-0.1, -0.05) is 142 Å². The lowest BCUT2D eigenvalue weighted by Gasteiger charge is -2.17. The Kier molecular flexibility index (Phi) is 14.0. The van der Waals surface area contributed by atoms with E-state index in [0.717, 1.165) is 49.0 Å². The van der Waals surface area contributed by atoms with Gasteiger partial charge < -0.3 is 19.3 Å². The second-order valence-corrected chi connectivity index (χ2v) is 10.9. The Balaban J connectivity index is 1.13. The minimum absolute atomic E-state index is 0.447. The van der Waals surface area contributed by atoms with Gasteiger partial charge in [0, 0.05) is 6.61 Å². The van der Waals surface area contributed by atoms with Crippen LogP contribution in [0.5, 0.6) is 11.5 Å². The summed E-state index contributed by atoms with van der Waals surface area (Å²) in [7, 11) is 0. The lowest BCUT2D eigenvalue weighted by atomic mass is 10.0. The Morgan fingerprint density at radius 3 is 1.52 bits per heavy atom. The fourth-order valence-electron chi connectivity index (χ4n) is 4.97. The smallest absolute Gasteiger partial charge is 0.162 e. The first kappa shape index (κ1) is 31.3. The van der Waals surface area contributed by atoms with Gasteiger partial charge in [0.15, 0.2) is 11.5 Å². The zero-order chi connectivity index (χ0) is 29.1. The Morgan fingerprint density at radius 1 is 0.476 bits per heavy atom. The maximum Gasteiger partial charge on any atom is 0.162 e. The summed E-state index contributed by atoms with van der Waals surface area (Å²) in [5.74, 6) is 1.35. The number of benzene rings is 4. The molecule has 0 aliphatic rings. The predicted molar refractivity (Wildman–Crippen MR) is 171 cm³/mol. The van der Waals surface area contributed by atoms with Gasteiger partial charge in [0.2, 0.25) is 0 Å². The van der Waals surface area contributed by atoms with Crippen LogP contribution in [0.2, 0.25) is 0 Å². The molecule has 0 radical (unpaired) electrons. The summed E-state index contributed by atoms with van der Waals surface area (Å²) in [5.41, 5.74) is 4.31. The number of hydrogen-bond acceptors (Lipinski definition) is 4. The summed E-state index contributed by atoms with van der Waals surface area (Å²) in [4.78, 5) is 0. The van der Waals surface area contributed by atoms with Gasteiger partial charge in [-0.15, -0.1) is 0 Å². The van der Waals surface area contributed by atoms with E-state index in [1.807, 2.05) is 84.9 Å². The van der Waals surface area contributed by atoms with Gasteiger partial charge >= 0.3 is 0 Å². The normalized spacial score (nSPS) is 11.7. The second kappa shape index (κ2) is 18.8. The van der Waals surface area contributed by atoms with Crippen molar-refractivity contribution in [2.24, 2.45) is 0 Å². The van der Waals surface area contributed by atoms with Crippen LogP contribution in [0.15, 0.2) is 109 Å². The average molecular weight is 567 g/mol. The monoisotopic (exact) mass is 566 g/mol. The van der Waals surface area contributed by atoms with E-state index >= 15 is 0 Å². The molecule has 0 bridgehead atoms. The molecular weight excluding hydrogens is 520 g/mol. The maximum atomic E-state index is 10.9. The lowest BCUT2D eigenvalue weighted by molar-refractivity contribution is 0.116. The van der Waals surface area contributed by atoms with Crippen LogP contribution in [0.4, 0.5) is 0 Å². The quantitative estimate of drug-likeness (QED) is 0.108. The zero-order valence-corrected chi connectivity index (χ0v) is 24.8. The highest BCUT2D eigenvalue weighted by atomic mass is 16.5. The highest BCUT2D eigenvalue weighted by molar-refractivity contribution is 5.44. The van der Waals surface area contributed by atoms with E-state index < -0.39 is 6.10 Å². The molecule has 1 N–H and O–H groups in total. The van der Waals surface area contributed by atoms with Crippen molar-refractivity contribution < 1.29 is 19.3 Å². The Bertz CT molecular complexity index is 1240. The summed E-state index contributed by atoms with van der Waals surface area (Å²) in [5, 5.41) is 10.9. The number of ether oxygens (including phenoxy) is 3. The molecule has 4 rings (SSSR count). The Labute approximate surface area is 252 Å². The van der Waals surface area contributed by atoms with Gasteiger partial charge in [-0.3, -0.25) is 0 Å². The molecule has 42 heavy (non-hydrogen) atoms. The number of unbranched alkanes of at least 4 members (excludes halogenated alkanes) is 7. The molecule has 0 amide bonds. The zero-order valence-electron chi connectivity index (χ0n) is 24.8. The molecule has 1 atom stereocenters. The fourth-order valence-corrected chi connectivity index (χ4v) is 4.97. The molecule has 4 nitrogen and oxygen atoms in total. The molecule has 0 fully saturated rings. The van der Waals surface area contributed by atoms with E-state index in [9.17, 15) is 5.11 Å². The number of hydrogen-bond donors (Lipinski definition) is 1. The molecule has 1 unspecified atom stereocenters. The fraction of sp³-hybridized carbons (Fsp3) is 0.368. The summed E-state index contributed by atoms with van der Waals surface area (Å²) in [6.07, 6.45) is 9.77. The van der Waals surface area contributed by atoms with Crippen molar-refractivity contribution in [1.29, 1.82) is 0 Å². The summed E-state index contributed by atoms with van der Waals surface area (Å²) < 4.78 is 18.1. The van der Waals surface area contributed by atoms with Crippen LogP contribution in [0.1, 0.15) is 86.1 Å². The third-order valence-corrected chi connectivity index (χ3v) is 7.45. The summed E-state index contributed by atoms with van der Waals surface area (Å²) in [6, 6.07) is 36.4. The Morgan fingerprint density at radius 2 is 0.952 bits per heavy atom. The van der Waals surface area contributed by atoms with Crippen LogP contribution in [0, 0.1) is 0 Å². The van der Waals surface area contributed by atoms with Gasteiger partial charge in [-0.05, 0) is 47.2 Å². The molecule has 0 saturated carbocycles. The Hall–Kier alpha value is -3.60. The van der Waals surface area contributed by atoms with Crippen molar-refractivity contribution in [2.75, 3.05) is 6.61 Å². The maximum absolute atomic E-state index is 10.9. The molecule has 222 valence electrons. The topological polar surface area (TPSA) is 47.9 Å². The van der Waals surface area contributed by atoms with Crippen LogP contribution in [-0.2, 0) is 24.6 Å². The molecular formula is C38H46O4. The molecule has 0 spiro atoms. The van der Waals surface area contributed by atoms with Crippen LogP contribution in [0.3, 0.4) is 0 Å². The minimum Gasteiger partial charge on any atom is -0.485 e. The largest absolute Gasteiger partial charge is 0.485 e. The van der Waals surface area contributed by atoms with Crippen molar-refractivity contribution >= 4 is 0 Å². The number of aliphatic hydroxyl groups is 1. The summed E-state index contributed by atoms with van der Waals surface area (Å²) >= 11 is 0. The molecule has 0 heterocycles. The van der Waals surface area contributed by atoms with Crippen LogP contribution in [-0.4, -0.2) is 11.7 Å². The van der Waals surface area contributed by atoms with Gasteiger partial charge in [-0.25, -0.2) is 0 Å². The molecule has 4 heteroatoms. The van der Waals surface area contributed by atoms with Crippen molar-refractivity contribution in [2.45, 2.75) is 83.7 Å². The number of aliphatic hydroxyl groups excluding tert-OH is 1. The van der Waals surface area contributed by atoms with Crippen molar-refractivity contribution in [3.05, 3.63) is 131 Å². The first-order chi connectivity index (χ1) is 20.8. The molecule has 0 saturated heterocycles. The van der Waals surface area contributed by atoms with Crippen molar-refractivity contribution in [3.63, 3.8) is 0 Å². The van der Waals surface area contributed by atoms with E-state index in [2.05, 4.69) is 24.3 Å². The van der Waals surface area contributed by atoms with Crippen LogP contribution < -0.4 is 9.47 Å². The van der Waals surface area contributed by atoms with Crippen molar-refractivity contribution in [1.82, 2.24) is 0 Å². The predicted octanol–water partition coefficient (Wildman–Crippen LogP) is 9.61. The third kappa shape index (κ3) is 11.7. The summed E-state index contributed by atoms with van der Waals surface area (Å²) in [6.45, 7) is 2.46. The van der Waals surface area contributed by atoms with Crippen LogP contribution >= 0.6 is 0 Å². The second-order valence-electron chi connectivity index (χ2n) is 10.9. The minimum atomic E-state index is -0.511. The van der Waals surface area contributed by atoms with E-state index in [4.69, 9.17) is 14.2 Å². The van der Waals surface area contributed by atoms with Crippen LogP contribution in [0.25, 0.3) is 0 Å². The first-order valence-electron chi connectivity index (χ1n) is 15.5. The first-order valence-corrected chi connectivity index (χ1v) is 15.5. The third-order valence-electron chi connectivity index (χ3n) is 7.45. The van der Waals surface area contributed by atoms with E-state index in [0.29, 0.717) is 31.3 Å².